The second kappa shape index (κ2) is 8.70. The largest absolute Gasteiger partial charge is 0.444 e. The molecule has 156 valence electrons. The summed E-state index contributed by atoms with van der Waals surface area (Å²) in [6, 6.07) is 5.23. The van der Waals surface area contributed by atoms with Crippen LogP contribution in [0, 0.1) is 0 Å². The zero-order valence-electron chi connectivity index (χ0n) is 16.3. The van der Waals surface area contributed by atoms with Crippen molar-refractivity contribution in [1.82, 2.24) is 9.80 Å². The van der Waals surface area contributed by atoms with E-state index in [2.05, 4.69) is 5.32 Å². The molecule has 9 heteroatoms. The van der Waals surface area contributed by atoms with Gasteiger partial charge in [0, 0.05) is 31.9 Å². The maximum absolute atomic E-state index is 12.4. The SMILES string of the molecule is CC(C)(C)OC(=O)N1CCCN(C(=O)Nc2ccc(CC(F)(F)F)cc2)CC1. The van der Waals surface area contributed by atoms with Crippen LogP contribution in [0.4, 0.5) is 28.4 Å². The molecule has 2 rings (SSSR count). The van der Waals surface area contributed by atoms with E-state index in [1.807, 2.05) is 0 Å². The molecule has 1 heterocycles. The molecule has 0 spiro atoms. The standard InChI is InChI=1S/C19H26F3N3O3/c1-18(2,3)28-17(27)25-10-4-9-24(11-12-25)16(26)23-15-7-5-14(6-8-15)13-19(20,21)22/h5-8H,4,9-13H2,1-3H3,(H,23,26). The zero-order valence-corrected chi connectivity index (χ0v) is 16.3. The average Bonchev–Trinajstić information content (AvgIpc) is 2.80. The Morgan fingerprint density at radius 1 is 1.00 bits per heavy atom. The molecular weight excluding hydrogens is 375 g/mol. The number of carbonyl (C=O) groups is 2. The van der Waals surface area contributed by atoms with Crippen LogP contribution in [-0.4, -0.2) is 59.9 Å². The van der Waals surface area contributed by atoms with Gasteiger partial charge >= 0.3 is 18.3 Å². The summed E-state index contributed by atoms with van der Waals surface area (Å²) in [5.74, 6) is 0. The number of hydrogen-bond acceptors (Lipinski definition) is 3. The van der Waals surface area contributed by atoms with Crippen LogP contribution in [-0.2, 0) is 11.2 Å². The fourth-order valence-electron chi connectivity index (χ4n) is 2.77. The van der Waals surface area contributed by atoms with Crippen molar-refractivity contribution in [3.05, 3.63) is 29.8 Å². The van der Waals surface area contributed by atoms with Gasteiger partial charge in [-0.25, -0.2) is 9.59 Å². The van der Waals surface area contributed by atoms with E-state index in [0.29, 0.717) is 38.3 Å². The number of hydrogen-bond donors (Lipinski definition) is 1. The van der Waals surface area contributed by atoms with Gasteiger partial charge in [0.15, 0.2) is 0 Å². The van der Waals surface area contributed by atoms with E-state index in [4.69, 9.17) is 4.74 Å². The highest BCUT2D eigenvalue weighted by Gasteiger charge is 2.28. The average molecular weight is 401 g/mol. The van der Waals surface area contributed by atoms with Crippen molar-refractivity contribution in [3.63, 3.8) is 0 Å². The Morgan fingerprint density at radius 2 is 1.57 bits per heavy atom. The van der Waals surface area contributed by atoms with Gasteiger partial charge in [-0.05, 0) is 44.9 Å². The first kappa shape index (κ1) is 21.8. The van der Waals surface area contributed by atoms with Gasteiger partial charge in [0.25, 0.3) is 0 Å². The lowest BCUT2D eigenvalue weighted by Gasteiger charge is -2.26. The van der Waals surface area contributed by atoms with Gasteiger partial charge in [0.05, 0.1) is 6.42 Å². The molecule has 0 atom stereocenters. The van der Waals surface area contributed by atoms with Crippen molar-refractivity contribution in [3.8, 4) is 0 Å². The minimum absolute atomic E-state index is 0.133. The van der Waals surface area contributed by atoms with E-state index >= 15 is 0 Å². The predicted molar refractivity (Wildman–Crippen MR) is 99.2 cm³/mol. The Bertz CT molecular complexity index is 684. The molecule has 0 unspecified atom stereocenters. The van der Waals surface area contributed by atoms with Crippen LogP contribution in [0.1, 0.15) is 32.8 Å². The van der Waals surface area contributed by atoms with Crippen molar-refractivity contribution < 1.29 is 27.5 Å². The third kappa shape index (κ3) is 7.28. The third-order valence-corrected chi connectivity index (χ3v) is 4.04. The van der Waals surface area contributed by atoms with E-state index in [-0.39, 0.29) is 11.6 Å². The molecule has 1 aromatic rings. The molecule has 1 fully saturated rings. The van der Waals surface area contributed by atoms with Crippen LogP contribution in [0.3, 0.4) is 0 Å². The third-order valence-electron chi connectivity index (χ3n) is 4.04. The number of nitrogens with zero attached hydrogens (tertiary/aromatic N) is 2. The summed E-state index contributed by atoms with van der Waals surface area (Å²) in [5.41, 5.74) is -0.0314. The zero-order chi connectivity index (χ0) is 20.9. The van der Waals surface area contributed by atoms with E-state index in [1.165, 1.54) is 24.3 Å². The van der Waals surface area contributed by atoms with Gasteiger partial charge in [-0.15, -0.1) is 0 Å². The highest BCUT2D eigenvalue weighted by Crippen LogP contribution is 2.22. The molecule has 0 radical (unpaired) electrons. The molecule has 0 bridgehead atoms. The first-order chi connectivity index (χ1) is 12.9. The van der Waals surface area contributed by atoms with Crippen molar-refractivity contribution in [2.45, 2.75) is 45.4 Å². The summed E-state index contributed by atoms with van der Waals surface area (Å²) in [7, 11) is 0. The summed E-state index contributed by atoms with van der Waals surface area (Å²) >= 11 is 0. The number of ether oxygens (including phenoxy) is 1. The summed E-state index contributed by atoms with van der Waals surface area (Å²) in [4.78, 5) is 27.8. The van der Waals surface area contributed by atoms with E-state index in [0.717, 1.165) is 0 Å². The highest BCUT2D eigenvalue weighted by molar-refractivity contribution is 5.89. The lowest BCUT2D eigenvalue weighted by molar-refractivity contribution is -0.127. The van der Waals surface area contributed by atoms with Crippen molar-refractivity contribution in [2.75, 3.05) is 31.5 Å². The Morgan fingerprint density at radius 3 is 2.14 bits per heavy atom. The molecular formula is C19H26F3N3O3. The molecule has 1 aliphatic rings. The van der Waals surface area contributed by atoms with Gasteiger partial charge in [-0.3, -0.25) is 0 Å². The van der Waals surface area contributed by atoms with Gasteiger partial charge in [0.2, 0.25) is 0 Å². The fourth-order valence-corrected chi connectivity index (χ4v) is 2.77. The van der Waals surface area contributed by atoms with Gasteiger partial charge in [0.1, 0.15) is 5.60 Å². The number of anilines is 1. The number of alkyl halides is 3. The molecule has 0 aliphatic carbocycles. The molecule has 6 nitrogen and oxygen atoms in total. The highest BCUT2D eigenvalue weighted by atomic mass is 19.4. The van der Waals surface area contributed by atoms with E-state index in [1.54, 1.807) is 30.6 Å². The maximum Gasteiger partial charge on any atom is 0.410 e. The molecule has 1 aliphatic heterocycles. The second-order valence-electron chi connectivity index (χ2n) is 7.73. The molecule has 3 amide bonds. The first-order valence-corrected chi connectivity index (χ1v) is 9.12. The molecule has 1 saturated heterocycles. The topological polar surface area (TPSA) is 61.9 Å². The summed E-state index contributed by atoms with van der Waals surface area (Å²) in [6.07, 6.45) is -5.07. The minimum atomic E-state index is -4.27. The Hall–Kier alpha value is -2.45. The van der Waals surface area contributed by atoms with Crippen LogP contribution in [0.25, 0.3) is 0 Å². The quantitative estimate of drug-likeness (QED) is 0.805. The van der Waals surface area contributed by atoms with Crippen LogP contribution in [0.15, 0.2) is 24.3 Å². The number of urea groups is 1. The molecule has 0 saturated carbocycles. The van der Waals surface area contributed by atoms with Crippen molar-refractivity contribution in [1.29, 1.82) is 0 Å². The van der Waals surface area contributed by atoms with Crippen molar-refractivity contribution in [2.24, 2.45) is 0 Å². The number of carbonyl (C=O) groups excluding carboxylic acids is 2. The van der Waals surface area contributed by atoms with Crippen LogP contribution < -0.4 is 5.32 Å². The Labute approximate surface area is 162 Å². The van der Waals surface area contributed by atoms with Crippen LogP contribution in [0.5, 0.6) is 0 Å². The summed E-state index contributed by atoms with van der Waals surface area (Å²) in [5, 5.41) is 2.68. The normalized spacial score (nSPS) is 15.8. The maximum atomic E-state index is 12.4. The minimum Gasteiger partial charge on any atom is -0.444 e. The number of benzene rings is 1. The lowest BCUT2D eigenvalue weighted by Crippen LogP contribution is -2.41. The number of amides is 3. The molecule has 1 aromatic carbocycles. The fraction of sp³-hybridized carbons (Fsp3) is 0.579. The van der Waals surface area contributed by atoms with Gasteiger partial charge in [-0.1, -0.05) is 12.1 Å². The Balaban J connectivity index is 1.88. The van der Waals surface area contributed by atoms with E-state index < -0.39 is 24.3 Å². The van der Waals surface area contributed by atoms with Crippen molar-refractivity contribution >= 4 is 17.8 Å². The van der Waals surface area contributed by atoms with Crippen LogP contribution >= 0.6 is 0 Å². The number of halogens is 3. The summed E-state index contributed by atoms with van der Waals surface area (Å²) < 4.78 is 42.6. The number of nitrogens with one attached hydrogen (secondary N) is 1. The van der Waals surface area contributed by atoms with Gasteiger partial charge < -0.3 is 19.9 Å². The van der Waals surface area contributed by atoms with Crippen LogP contribution in [0.2, 0.25) is 0 Å². The smallest absolute Gasteiger partial charge is 0.410 e. The first-order valence-electron chi connectivity index (χ1n) is 9.12. The molecule has 28 heavy (non-hydrogen) atoms. The lowest BCUT2D eigenvalue weighted by atomic mass is 10.1. The predicted octanol–water partition coefficient (Wildman–Crippen LogP) is 4.27. The number of rotatable bonds is 2. The summed E-state index contributed by atoms with van der Waals surface area (Å²) in [6.45, 7) is 7.04. The second-order valence-corrected chi connectivity index (χ2v) is 7.73. The van der Waals surface area contributed by atoms with Gasteiger partial charge in [-0.2, -0.15) is 13.2 Å². The Kier molecular flexibility index (Phi) is 6.79. The molecule has 1 N–H and O–H groups in total. The van der Waals surface area contributed by atoms with E-state index in [9.17, 15) is 22.8 Å². The monoisotopic (exact) mass is 401 g/mol. The molecule has 0 aromatic heterocycles.